The molecule has 23 heavy (non-hydrogen) atoms. The van der Waals surface area contributed by atoms with Crippen LogP contribution in [0.1, 0.15) is 31.0 Å². The number of carbonyl (C=O) groups excluding carboxylic acids is 1. The third-order valence-electron chi connectivity index (χ3n) is 3.99. The molecule has 0 saturated heterocycles. The zero-order valence-corrected chi connectivity index (χ0v) is 15.4. The van der Waals surface area contributed by atoms with Gasteiger partial charge in [0.1, 0.15) is 6.04 Å². The van der Waals surface area contributed by atoms with Crippen molar-refractivity contribution < 1.29 is 4.79 Å². The van der Waals surface area contributed by atoms with E-state index in [0.717, 1.165) is 34.4 Å². The van der Waals surface area contributed by atoms with E-state index < -0.39 is 0 Å². The first kappa shape index (κ1) is 17.7. The van der Waals surface area contributed by atoms with E-state index in [4.69, 9.17) is 0 Å². The molecule has 3 nitrogen and oxygen atoms in total. The molecule has 0 saturated carbocycles. The Labute approximate surface area is 146 Å². The molecular weight excluding hydrogens is 352 g/mol. The van der Waals surface area contributed by atoms with Gasteiger partial charge in [0.15, 0.2) is 0 Å². The highest BCUT2D eigenvalue weighted by Gasteiger charge is 2.26. The minimum absolute atomic E-state index is 0.00493. The number of benzene rings is 2. The van der Waals surface area contributed by atoms with Crippen LogP contribution in [0.4, 0.5) is 5.69 Å². The first-order valence-electron chi connectivity index (χ1n) is 7.92. The molecule has 2 aromatic rings. The average molecular weight is 375 g/mol. The van der Waals surface area contributed by atoms with Gasteiger partial charge >= 0.3 is 0 Å². The maximum Gasteiger partial charge on any atom is 0.246 e. The number of likely N-dealkylation sites (N-methyl/N-ethyl adjacent to an activating group) is 1. The number of hydrogen-bond donors (Lipinski definition) is 1. The summed E-state index contributed by atoms with van der Waals surface area (Å²) >= 11 is 3.45. The van der Waals surface area contributed by atoms with Gasteiger partial charge in [-0.15, -0.1) is 0 Å². The molecule has 1 atom stereocenters. The van der Waals surface area contributed by atoms with Crippen LogP contribution in [0.25, 0.3) is 0 Å². The van der Waals surface area contributed by atoms with Gasteiger partial charge in [0, 0.05) is 10.2 Å². The molecule has 1 amide bonds. The maximum atomic E-state index is 12.9. The average Bonchev–Trinajstić information content (AvgIpc) is 2.55. The zero-order valence-electron chi connectivity index (χ0n) is 13.8. The predicted molar refractivity (Wildman–Crippen MR) is 99.6 cm³/mol. The van der Waals surface area contributed by atoms with Gasteiger partial charge in [-0.3, -0.25) is 9.69 Å². The molecule has 0 aliphatic rings. The van der Waals surface area contributed by atoms with Crippen LogP contribution in [0.15, 0.2) is 53.0 Å². The van der Waals surface area contributed by atoms with Crippen LogP contribution in [-0.4, -0.2) is 23.9 Å². The van der Waals surface area contributed by atoms with Crippen molar-refractivity contribution in [3.63, 3.8) is 0 Å². The molecule has 2 rings (SSSR count). The van der Waals surface area contributed by atoms with Gasteiger partial charge in [0.25, 0.3) is 0 Å². The Kier molecular flexibility index (Phi) is 6.37. The van der Waals surface area contributed by atoms with Gasteiger partial charge in [-0.25, -0.2) is 0 Å². The molecule has 0 heterocycles. The molecule has 122 valence electrons. The number of rotatable bonds is 6. The molecule has 0 radical (unpaired) electrons. The van der Waals surface area contributed by atoms with Crippen molar-refractivity contribution in [2.24, 2.45) is 0 Å². The van der Waals surface area contributed by atoms with Crippen molar-refractivity contribution in [2.75, 3.05) is 18.4 Å². The molecule has 1 unspecified atom stereocenters. The number of nitrogens with zero attached hydrogens (tertiary/aromatic N) is 1. The van der Waals surface area contributed by atoms with Crippen LogP contribution in [0.2, 0.25) is 0 Å². The first-order valence-corrected chi connectivity index (χ1v) is 8.72. The molecule has 4 heteroatoms. The number of nitrogens with one attached hydrogen (secondary N) is 1. The van der Waals surface area contributed by atoms with E-state index in [0.29, 0.717) is 0 Å². The fourth-order valence-electron chi connectivity index (χ4n) is 2.72. The lowest BCUT2D eigenvalue weighted by molar-refractivity contribution is -0.121. The zero-order chi connectivity index (χ0) is 16.8. The van der Waals surface area contributed by atoms with E-state index in [-0.39, 0.29) is 11.9 Å². The second kappa shape index (κ2) is 8.27. The summed E-state index contributed by atoms with van der Waals surface area (Å²) in [6, 6.07) is 15.5. The topological polar surface area (TPSA) is 32.3 Å². The molecular formula is C19H23BrN2O. The quantitative estimate of drug-likeness (QED) is 0.788. The Balaban J connectivity index is 2.29. The number of carbonyl (C=O) groups is 1. The number of aryl methyl sites for hydroxylation is 1. The van der Waals surface area contributed by atoms with Gasteiger partial charge in [-0.05, 0) is 49.3 Å². The van der Waals surface area contributed by atoms with Crippen LogP contribution < -0.4 is 5.32 Å². The van der Waals surface area contributed by atoms with Crippen molar-refractivity contribution >= 4 is 27.5 Å². The normalized spacial score (nSPS) is 12.2. The fourth-order valence-corrected chi connectivity index (χ4v) is 3.20. The van der Waals surface area contributed by atoms with Crippen LogP contribution in [-0.2, 0) is 4.79 Å². The second-order valence-corrected chi connectivity index (χ2v) is 6.40. The van der Waals surface area contributed by atoms with E-state index in [9.17, 15) is 4.79 Å². The molecule has 0 aliphatic heterocycles. The summed E-state index contributed by atoms with van der Waals surface area (Å²) in [5.74, 6) is 0.00493. The standard InChI is InChI=1S/C19H23BrN2O/c1-4-22(5-2)18(15-9-7-6-8-10-15)19(23)21-17-12-11-16(20)13-14(17)3/h6-13,18H,4-5H2,1-3H3,(H,21,23). The number of hydrogen-bond acceptors (Lipinski definition) is 2. The van der Waals surface area contributed by atoms with Crippen LogP contribution in [0, 0.1) is 6.92 Å². The Bertz CT molecular complexity index is 654. The summed E-state index contributed by atoms with van der Waals surface area (Å²) in [5.41, 5.74) is 2.91. The van der Waals surface area contributed by atoms with Crippen molar-refractivity contribution in [1.82, 2.24) is 4.90 Å². The van der Waals surface area contributed by atoms with Crippen LogP contribution in [0.5, 0.6) is 0 Å². The maximum absolute atomic E-state index is 12.9. The smallest absolute Gasteiger partial charge is 0.246 e. The summed E-state index contributed by atoms with van der Waals surface area (Å²) in [4.78, 5) is 15.1. The Morgan fingerprint density at radius 3 is 2.35 bits per heavy atom. The Morgan fingerprint density at radius 1 is 1.13 bits per heavy atom. The SMILES string of the molecule is CCN(CC)C(C(=O)Nc1ccc(Br)cc1C)c1ccccc1. The second-order valence-electron chi connectivity index (χ2n) is 5.48. The monoisotopic (exact) mass is 374 g/mol. The highest BCUT2D eigenvalue weighted by molar-refractivity contribution is 9.10. The van der Waals surface area contributed by atoms with Gasteiger partial charge in [0.05, 0.1) is 0 Å². The predicted octanol–water partition coefficient (Wildman–Crippen LogP) is 4.78. The van der Waals surface area contributed by atoms with Crippen LogP contribution >= 0.6 is 15.9 Å². The summed E-state index contributed by atoms with van der Waals surface area (Å²) in [6.45, 7) is 7.80. The summed E-state index contributed by atoms with van der Waals surface area (Å²) < 4.78 is 1.01. The summed E-state index contributed by atoms with van der Waals surface area (Å²) in [5, 5.41) is 3.08. The first-order chi connectivity index (χ1) is 11.1. The van der Waals surface area contributed by atoms with Crippen molar-refractivity contribution in [3.05, 3.63) is 64.1 Å². The lowest BCUT2D eigenvalue weighted by atomic mass is 10.0. The number of anilines is 1. The van der Waals surface area contributed by atoms with Crippen molar-refractivity contribution in [1.29, 1.82) is 0 Å². The van der Waals surface area contributed by atoms with Crippen LogP contribution in [0.3, 0.4) is 0 Å². The lowest BCUT2D eigenvalue weighted by Crippen LogP contribution is -2.37. The minimum atomic E-state index is -0.283. The Hall–Kier alpha value is -1.65. The molecule has 0 fully saturated rings. The van der Waals surface area contributed by atoms with Gasteiger partial charge in [-0.2, -0.15) is 0 Å². The molecule has 2 aromatic carbocycles. The highest BCUT2D eigenvalue weighted by Crippen LogP contribution is 2.25. The molecule has 0 aliphatic carbocycles. The van der Waals surface area contributed by atoms with E-state index in [1.807, 2.05) is 55.5 Å². The molecule has 0 aromatic heterocycles. The van der Waals surface area contributed by atoms with Gasteiger partial charge in [0.2, 0.25) is 5.91 Å². The number of halogens is 1. The van der Waals surface area contributed by atoms with Gasteiger partial charge in [-0.1, -0.05) is 60.1 Å². The summed E-state index contributed by atoms with van der Waals surface area (Å²) in [7, 11) is 0. The molecule has 0 bridgehead atoms. The molecule has 0 spiro atoms. The molecule has 1 N–H and O–H groups in total. The largest absolute Gasteiger partial charge is 0.324 e. The highest BCUT2D eigenvalue weighted by atomic mass is 79.9. The third-order valence-corrected chi connectivity index (χ3v) is 4.48. The van der Waals surface area contributed by atoms with E-state index in [1.165, 1.54) is 0 Å². The van der Waals surface area contributed by atoms with E-state index in [1.54, 1.807) is 0 Å². The minimum Gasteiger partial charge on any atom is -0.324 e. The lowest BCUT2D eigenvalue weighted by Gasteiger charge is -2.29. The van der Waals surface area contributed by atoms with Crippen molar-refractivity contribution in [2.45, 2.75) is 26.8 Å². The fraction of sp³-hybridized carbons (Fsp3) is 0.316. The van der Waals surface area contributed by atoms with Crippen molar-refractivity contribution in [3.8, 4) is 0 Å². The van der Waals surface area contributed by atoms with E-state index >= 15 is 0 Å². The number of amides is 1. The summed E-state index contributed by atoms with van der Waals surface area (Å²) in [6.07, 6.45) is 0. The van der Waals surface area contributed by atoms with E-state index in [2.05, 4.69) is 40.0 Å². The Morgan fingerprint density at radius 2 is 1.78 bits per heavy atom. The van der Waals surface area contributed by atoms with Gasteiger partial charge < -0.3 is 5.32 Å². The third kappa shape index (κ3) is 4.43.